The van der Waals surface area contributed by atoms with Crippen molar-refractivity contribution in [2.24, 2.45) is 0 Å². The lowest BCUT2D eigenvalue weighted by atomic mass is 10.1. The van der Waals surface area contributed by atoms with Gasteiger partial charge in [-0.3, -0.25) is 14.7 Å². The highest BCUT2D eigenvalue weighted by molar-refractivity contribution is 5.94. The second-order valence-electron chi connectivity index (χ2n) is 5.34. The van der Waals surface area contributed by atoms with Gasteiger partial charge in [0.1, 0.15) is 0 Å². The Morgan fingerprint density at radius 2 is 2.09 bits per heavy atom. The zero-order valence-corrected chi connectivity index (χ0v) is 13.3. The Hall–Kier alpha value is -2.63. The molecule has 2 amide bonds. The first-order valence-electron chi connectivity index (χ1n) is 7.80. The lowest BCUT2D eigenvalue weighted by Gasteiger charge is -2.08. The number of hydrogen-bond acceptors (Lipinski definition) is 3. The second-order valence-corrected chi connectivity index (χ2v) is 5.34. The van der Waals surface area contributed by atoms with Crippen molar-refractivity contribution < 1.29 is 9.59 Å². The van der Waals surface area contributed by atoms with Gasteiger partial charge in [0.2, 0.25) is 5.91 Å². The molecule has 6 heteroatoms. The van der Waals surface area contributed by atoms with Crippen molar-refractivity contribution in [3.63, 3.8) is 0 Å². The number of hydrogen-bond donors (Lipinski definition) is 3. The molecule has 0 fully saturated rings. The summed E-state index contributed by atoms with van der Waals surface area (Å²) in [7, 11) is 0. The number of nitrogens with one attached hydrogen (secondary N) is 3. The largest absolute Gasteiger partial charge is 0.352 e. The Labute approximate surface area is 135 Å². The summed E-state index contributed by atoms with van der Waals surface area (Å²) in [5.41, 5.74) is 2.53. The molecule has 23 heavy (non-hydrogen) atoms. The molecule has 3 N–H and O–H groups in total. The van der Waals surface area contributed by atoms with E-state index in [4.69, 9.17) is 0 Å². The number of benzene rings is 1. The van der Waals surface area contributed by atoms with Gasteiger partial charge < -0.3 is 10.6 Å². The summed E-state index contributed by atoms with van der Waals surface area (Å²) in [6.45, 7) is 3.09. The first-order valence-corrected chi connectivity index (χ1v) is 7.80. The third-order valence-corrected chi connectivity index (χ3v) is 3.41. The van der Waals surface area contributed by atoms with Gasteiger partial charge >= 0.3 is 0 Å². The van der Waals surface area contributed by atoms with Crippen LogP contribution in [0.1, 0.15) is 41.3 Å². The van der Waals surface area contributed by atoms with Gasteiger partial charge in [-0.15, -0.1) is 0 Å². The van der Waals surface area contributed by atoms with Gasteiger partial charge in [-0.05, 0) is 36.1 Å². The lowest BCUT2D eigenvalue weighted by molar-refractivity contribution is -0.121. The maximum atomic E-state index is 11.9. The van der Waals surface area contributed by atoms with E-state index in [0.717, 1.165) is 17.5 Å². The topological polar surface area (TPSA) is 86.9 Å². The smallest absolute Gasteiger partial charge is 0.251 e. The summed E-state index contributed by atoms with van der Waals surface area (Å²) in [4.78, 5) is 23.8. The fourth-order valence-corrected chi connectivity index (χ4v) is 2.12. The van der Waals surface area contributed by atoms with E-state index in [9.17, 15) is 9.59 Å². The molecule has 0 aliphatic heterocycles. The van der Waals surface area contributed by atoms with Crippen LogP contribution in [-0.2, 0) is 17.8 Å². The van der Waals surface area contributed by atoms with Crippen LogP contribution in [0.3, 0.4) is 0 Å². The van der Waals surface area contributed by atoms with Crippen molar-refractivity contribution in [3.05, 3.63) is 53.3 Å². The summed E-state index contributed by atoms with van der Waals surface area (Å²) >= 11 is 0. The molecule has 0 bridgehead atoms. The number of carbonyl (C=O) groups excluding carboxylic acids is 2. The number of aromatic nitrogens is 2. The molecule has 1 aromatic heterocycles. The summed E-state index contributed by atoms with van der Waals surface area (Å²) in [6.07, 6.45) is 5.47. The van der Waals surface area contributed by atoms with E-state index in [1.54, 1.807) is 24.5 Å². The average molecular weight is 314 g/mol. The third-order valence-electron chi connectivity index (χ3n) is 3.41. The molecule has 0 unspecified atom stereocenters. The molecule has 0 spiro atoms. The summed E-state index contributed by atoms with van der Waals surface area (Å²) < 4.78 is 0. The molecule has 0 saturated heterocycles. The average Bonchev–Trinajstić information content (AvgIpc) is 3.09. The number of carbonyl (C=O) groups is 2. The Morgan fingerprint density at radius 1 is 1.22 bits per heavy atom. The van der Waals surface area contributed by atoms with E-state index in [1.807, 2.05) is 19.1 Å². The fraction of sp³-hybridized carbons (Fsp3) is 0.353. The molecule has 2 rings (SSSR count). The van der Waals surface area contributed by atoms with Crippen LogP contribution in [0.4, 0.5) is 0 Å². The highest BCUT2D eigenvalue weighted by Gasteiger charge is 2.07. The standard InChI is InChI=1S/C17H22N4O2/c1-2-8-18-17(23)15-5-3-4-13(9-15)10-19-16(22)7-6-14-11-20-21-12-14/h3-5,9,11-12H,2,6-8,10H2,1H3,(H,18,23)(H,19,22)(H,20,21). The quantitative estimate of drug-likeness (QED) is 0.694. The monoisotopic (exact) mass is 314 g/mol. The lowest BCUT2D eigenvalue weighted by Crippen LogP contribution is -2.25. The summed E-state index contributed by atoms with van der Waals surface area (Å²) in [6, 6.07) is 7.30. The zero-order valence-electron chi connectivity index (χ0n) is 13.3. The highest BCUT2D eigenvalue weighted by atomic mass is 16.2. The van der Waals surface area contributed by atoms with Crippen LogP contribution in [-0.4, -0.2) is 28.6 Å². The first-order chi connectivity index (χ1) is 11.2. The molecule has 0 saturated carbocycles. The van der Waals surface area contributed by atoms with Crippen molar-refractivity contribution in [1.82, 2.24) is 20.8 Å². The Morgan fingerprint density at radius 3 is 2.83 bits per heavy atom. The van der Waals surface area contributed by atoms with Crippen molar-refractivity contribution in [2.75, 3.05) is 6.54 Å². The van der Waals surface area contributed by atoms with Gasteiger partial charge in [0.05, 0.1) is 6.20 Å². The van der Waals surface area contributed by atoms with E-state index in [-0.39, 0.29) is 11.8 Å². The number of H-pyrrole nitrogens is 1. The Bertz CT molecular complexity index is 638. The third kappa shape index (κ3) is 5.58. The van der Waals surface area contributed by atoms with E-state index in [1.165, 1.54) is 0 Å². The normalized spacial score (nSPS) is 10.3. The van der Waals surface area contributed by atoms with Gasteiger partial charge in [0.15, 0.2) is 0 Å². The van der Waals surface area contributed by atoms with E-state index in [2.05, 4.69) is 20.8 Å². The predicted molar refractivity (Wildman–Crippen MR) is 87.8 cm³/mol. The van der Waals surface area contributed by atoms with Crippen LogP contribution < -0.4 is 10.6 Å². The molecular weight excluding hydrogens is 292 g/mol. The molecule has 0 atom stereocenters. The van der Waals surface area contributed by atoms with E-state index >= 15 is 0 Å². The Balaban J connectivity index is 1.80. The molecule has 1 heterocycles. The zero-order chi connectivity index (χ0) is 16.5. The molecule has 0 aliphatic rings. The van der Waals surface area contributed by atoms with Crippen molar-refractivity contribution in [2.45, 2.75) is 32.7 Å². The minimum Gasteiger partial charge on any atom is -0.352 e. The Kier molecular flexibility index (Phi) is 6.35. The SMILES string of the molecule is CCCNC(=O)c1cccc(CNC(=O)CCc2cn[nH]c2)c1. The van der Waals surface area contributed by atoms with Gasteiger partial charge in [-0.25, -0.2) is 0 Å². The van der Waals surface area contributed by atoms with Crippen LogP contribution in [0.25, 0.3) is 0 Å². The number of amides is 2. The number of nitrogens with zero attached hydrogens (tertiary/aromatic N) is 1. The van der Waals surface area contributed by atoms with Gasteiger partial charge in [0.25, 0.3) is 5.91 Å². The molecule has 122 valence electrons. The van der Waals surface area contributed by atoms with Crippen molar-refractivity contribution in [1.29, 1.82) is 0 Å². The van der Waals surface area contributed by atoms with Crippen molar-refractivity contribution in [3.8, 4) is 0 Å². The predicted octanol–water partition coefficient (Wildman–Crippen LogP) is 1.80. The number of aromatic amines is 1. The van der Waals surface area contributed by atoms with Crippen molar-refractivity contribution >= 4 is 11.8 Å². The first kappa shape index (κ1) is 16.7. The van der Waals surface area contributed by atoms with Gasteiger partial charge in [-0.2, -0.15) is 5.10 Å². The van der Waals surface area contributed by atoms with Crippen LogP contribution in [0.2, 0.25) is 0 Å². The minimum absolute atomic E-state index is 0.0213. The molecule has 2 aromatic rings. The van der Waals surface area contributed by atoms with Crippen LogP contribution in [0.15, 0.2) is 36.7 Å². The fourth-order valence-electron chi connectivity index (χ4n) is 2.12. The molecular formula is C17H22N4O2. The van der Waals surface area contributed by atoms with Crippen LogP contribution in [0, 0.1) is 0 Å². The molecule has 0 aliphatic carbocycles. The van der Waals surface area contributed by atoms with Crippen LogP contribution >= 0.6 is 0 Å². The van der Waals surface area contributed by atoms with E-state index in [0.29, 0.717) is 31.5 Å². The van der Waals surface area contributed by atoms with Gasteiger partial charge in [0, 0.05) is 31.3 Å². The van der Waals surface area contributed by atoms with E-state index < -0.39 is 0 Å². The minimum atomic E-state index is -0.0833. The molecule has 0 radical (unpaired) electrons. The molecule has 6 nitrogen and oxygen atoms in total. The van der Waals surface area contributed by atoms with Crippen LogP contribution in [0.5, 0.6) is 0 Å². The number of aryl methyl sites for hydroxylation is 1. The summed E-state index contributed by atoms with van der Waals surface area (Å²) in [5.74, 6) is -0.105. The number of rotatable bonds is 8. The maximum Gasteiger partial charge on any atom is 0.251 e. The summed E-state index contributed by atoms with van der Waals surface area (Å²) in [5, 5.41) is 12.3. The molecule has 1 aromatic carbocycles. The maximum absolute atomic E-state index is 11.9. The van der Waals surface area contributed by atoms with Gasteiger partial charge in [-0.1, -0.05) is 19.1 Å². The highest BCUT2D eigenvalue weighted by Crippen LogP contribution is 2.06. The second kappa shape index (κ2) is 8.73.